The molecule has 0 aliphatic rings. The zero-order valence-corrected chi connectivity index (χ0v) is 7.31. The summed E-state index contributed by atoms with van der Waals surface area (Å²) in [5.74, 6) is -1.30. The summed E-state index contributed by atoms with van der Waals surface area (Å²) in [5, 5.41) is 8.40. The first-order valence-electron chi connectivity index (χ1n) is 3.62. The van der Waals surface area contributed by atoms with Crippen molar-refractivity contribution < 1.29 is 8.78 Å². The van der Waals surface area contributed by atoms with E-state index in [0.717, 1.165) is 12.1 Å². The molecule has 68 valence electrons. The second-order valence-corrected chi connectivity index (χ2v) is 2.79. The van der Waals surface area contributed by atoms with Gasteiger partial charge in [-0.15, -0.1) is 0 Å². The van der Waals surface area contributed by atoms with Crippen molar-refractivity contribution in [2.45, 2.75) is 0 Å². The van der Waals surface area contributed by atoms with Crippen LogP contribution in [0.4, 0.5) is 14.5 Å². The van der Waals surface area contributed by atoms with Gasteiger partial charge in [-0.1, -0.05) is 0 Å². The van der Waals surface area contributed by atoms with Crippen LogP contribution in [0.5, 0.6) is 0 Å². The fraction of sp³-hybridized carbons (Fsp3) is 0.222. The van der Waals surface area contributed by atoms with Crippen LogP contribution in [-0.2, 0) is 0 Å². The average molecular weight is 182 g/mol. The standard InChI is InChI=1S/C9H8F2N2/c1-13(2)9-4-7(10)6(5-12)3-8(9)11/h3-4H,1-2H3. The van der Waals surface area contributed by atoms with Crippen LogP contribution in [0.1, 0.15) is 5.56 Å². The SMILES string of the molecule is CN(C)c1cc(F)c(C#N)cc1F. The Bertz CT molecular complexity index is 367. The van der Waals surface area contributed by atoms with Gasteiger partial charge in [0.25, 0.3) is 0 Å². The van der Waals surface area contributed by atoms with Crippen LogP contribution >= 0.6 is 0 Å². The molecule has 13 heavy (non-hydrogen) atoms. The van der Waals surface area contributed by atoms with Gasteiger partial charge in [-0.2, -0.15) is 5.26 Å². The number of nitriles is 1. The summed E-state index contributed by atoms with van der Waals surface area (Å²) in [5.41, 5.74) is -0.139. The highest BCUT2D eigenvalue weighted by Gasteiger charge is 2.10. The zero-order chi connectivity index (χ0) is 10.0. The molecule has 0 saturated carbocycles. The lowest BCUT2D eigenvalue weighted by Gasteiger charge is -2.13. The first-order chi connectivity index (χ1) is 6.06. The van der Waals surface area contributed by atoms with Crippen molar-refractivity contribution in [1.82, 2.24) is 0 Å². The van der Waals surface area contributed by atoms with Crippen LogP contribution in [0.25, 0.3) is 0 Å². The van der Waals surface area contributed by atoms with Crippen molar-refractivity contribution in [2.75, 3.05) is 19.0 Å². The third-order valence-electron chi connectivity index (χ3n) is 1.64. The topological polar surface area (TPSA) is 27.0 Å². The largest absolute Gasteiger partial charge is 0.375 e. The highest BCUT2D eigenvalue weighted by Crippen LogP contribution is 2.20. The lowest BCUT2D eigenvalue weighted by molar-refractivity contribution is 0.596. The second kappa shape index (κ2) is 3.40. The predicted octanol–water partition coefficient (Wildman–Crippen LogP) is 1.90. The number of halogens is 2. The molecule has 1 rings (SSSR count). The van der Waals surface area contributed by atoms with Crippen molar-refractivity contribution in [1.29, 1.82) is 5.26 Å². The molecule has 0 bridgehead atoms. The van der Waals surface area contributed by atoms with Crippen LogP contribution in [0.15, 0.2) is 12.1 Å². The normalized spacial score (nSPS) is 9.46. The number of benzene rings is 1. The Kier molecular flexibility index (Phi) is 2.47. The summed E-state index contributed by atoms with van der Waals surface area (Å²) in [6.45, 7) is 0. The minimum absolute atomic E-state index is 0.136. The van der Waals surface area contributed by atoms with Gasteiger partial charge in [0, 0.05) is 20.2 Å². The van der Waals surface area contributed by atoms with E-state index in [1.807, 2.05) is 0 Å². The fourth-order valence-corrected chi connectivity index (χ4v) is 0.965. The van der Waals surface area contributed by atoms with Crippen LogP contribution in [0, 0.1) is 23.0 Å². The molecular formula is C9H8F2N2. The Morgan fingerprint density at radius 1 is 1.23 bits per heavy atom. The van der Waals surface area contributed by atoms with Crippen molar-refractivity contribution >= 4 is 5.69 Å². The maximum absolute atomic E-state index is 13.1. The summed E-state index contributed by atoms with van der Waals surface area (Å²) in [7, 11) is 3.20. The van der Waals surface area contributed by atoms with E-state index in [9.17, 15) is 8.78 Å². The van der Waals surface area contributed by atoms with Gasteiger partial charge >= 0.3 is 0 Å². The lowest BCUT2D eigenvalue weighted by atomic mass is 10.2. The summed E-state index contributed by atoms with van der Waals surface area (Å²) in [6.07, 6.45) is 0. The maximum atomic E-state index is 13.1. The van der Waals surface area contributed by atoms with Crippen LogP contribution in [0.3, 0.4) is 0 Å². The molecule has 0 aliphatic carbocycles. The molecule has 0 heterocycles. The highest BCUT2D eigenvalue weighted by atomic mass is 19.1. The number of nitrogens with zero attached hydrogens (tertiary/aromatic N) is 2. The van der Waals surface area contributed by atoms with Crippen LogP contribution < -0.4 is 4.90 Å². The van der Waals surface area contributed by atoms with Gasteiger partial charge in [-0.25, -0.2) is 8.78 Å². The molecule has 1 aromatic rings. The van der Waals surface area contributed by atoms with Gasteiger partial charge in [0.05, 0.1) is 11.3 Å². The third-order valence-corrected chi connectivity index (χ3v) is 1.64. The van der Waals surface area contributed by atoms with Gasteiger partial charge in [-0.3, -0.25) is 0 Å². The van der Waals surface area contributed by atoms with E-state index in [0.29, 0.717) is 0 Å². The second-order valence-electron chi connectivity index (χ2n) is 2.79. The number of hydrogen-bond donors (Lipinski definition) is 0. The van der Waals surface area contributed by atoms with Crippen LogP contribution in [0.2, 0.25) is 0 Å². The third kappa shape index (κ3) is 1.75. The quantitative estimate of drug-likeness (QED) is 0.663. The van der Waals surface area contributed by atoms with Gasteiger partial charge in [-0.05, 0) is 6.07 Å². The molecule has 0 aromatic heterocycles. The number of rotatable bonds is 1. The molecule has 0 saturated heterocycles. The summed E-state index contributed by atoms with van der Waals surface area (Å²) >= 11 is 0. The van der Waals surface area contributed by atoms with E-state index in [1.54, 1.807) is 20.2 Å². The summed E-state index contributed by atoms with van der Waals surface area (Å²) < 4.78 is 26.1. The monoisotopic (exact) mass is 182 g/mol. The van der Waals surface area contributed by atoms with E-state index in [-0.39, 0.29) is 11.3 Å². The van der Waals surface area contributed by atoms with Crippen molar-refractivity contribution in [3.8, 4) is 6.07 Å². The van der Waals surface area contributed by atoms with Crippen molar-refractivity contribution in [3.63, 3.8) is 0 Å². The predicted molar refractivity (Wildman–Crippen MR) is 45.4 cm³/mol. The Hall–Kier alpha value is -1.63. The molecule has 0 N–H and O–H groups in total. The first kappa shape index (κ1) is 9.46. The van der Waals surface area contributed by atoms with E-state index in [4.69, 9.17) is 5.26 Å². The van der Waals surface area contributed by atoms with Crippen molar-refractivity contribution in [3.05, 3.63) is 29.3 Å². The van der Waals surface area contributed by atoms with Gasteiger partial charge < -0.3 is 4.90 Å². The molecule has 1 aromatic carbocycles. The minimum Gasteiger partial charge on any atom is -0.375 e. The highest BCUT2D eigenvalue weighted by molar-refractivity contribution is 5.50. The molecule has 0 fully saturated rings. The average Bonchev–Trinajstić information content (AvgIpc) is 2.07. The Balaban J connectivity index is 3.31. The Morgan fingerprint density at radius 2 is 1.85 bits per heavy atom. The number of hydrogen-bond acceptors (Lipinski definition) is 2. The van der Waals surface area contributed by atoms with Gasteiger partial charge in [0.1, 0.15) is 17.7 Å². The summed E-state index contributed by atoms with van der Waals surface area (Å²) in [4.78, 5) is 1.44. The molecule has 0 unspecified atom stereocenters. The van der Waals surface area contributed by atoms with E-state index >= 15 is 0 Å². The molecule has 0 amide bonds. The Labute approximate surface area is 75.0 Å². The van der Waals surface area contributed by atoms with Crippen molar-refractivity contribution in [2.24, 2.45) is 0 Å². The lowest BCUT2D eigenvalue weighted by Crippen LogP contribution is -2.11. The molecule has 0 aliphatic heterocycles. The maximum Gasteiger partial charge on any atom is 0.147 e. The zero-order valence-electron chi connectivity index (χ0n) is 7.31. The minimum atomic E-state index is -0.701. The van der Waals surface area contributed by atoms with E-state index < -0.39 is 11.6 Å². The van der Waals surface area contributed by atoms with E-state index in [2.05, 4.69) is 0 Å². The van der Waals surface area contributed by atoms with Gasteiger partial charge in [0.2, 0.25) is 0 Å². The number of anilines is 1. The molecule has 2 nitrogen and oxygen atoms in total. The fourth-order valence-electron chi connectivity index (χ4n) is 0.965. The molecular weight excluding hydrogens is 174 g/mol. The Morgan fingerprint density at radius 3 is 2.31 bits per heavy atom. The molecule has 0 atom stereocenters. The van der Waals surface area contributed by atoms with E-state index in [1.165, 1.54) is 4.90 Å². The molecule has 0 radical (unpaired) electrons. The smallest absolute Gasteiger partial charge is 0.147 e. The molecule has 4 heteroatoms. The van der Waals surface area contributed by atoms with Gasteiger partial charge in [0.15, 0.2) is 0 Å². The van der Waals surface area contributed by atoms with Crippen LogP contribution in [-0.4, -0.2) is 14.1 Å². The first-order valence-corrected chi connectivity index (χ1v) is 3.62. The molecule has 0 spiro atoms. The summed E-state index contributed by atoms with van der Waals surface area (Å²) in [6, 6.07) is 3.47.